The molecule has 0 spiro atoms. The zero-order chi connectivity index (χ0) is 16.0. The van der Waals surface area contributed by atoms with E-state index in [1.165, 1.54) is 51.4 Å². The zero-order valence-corrected chi connectivity index (χ0v) is 14.7. The molecule has 1 fully saturated rings. The van der Waals surface area contributed by atoms with E-state index in [-0.39, 0.29) is 12.0 Å². The Morgan fingerprint density at radius 1 is 1.09 bits per heavy atom. The van der Waals surface area contributed by atoms with Crippen LogP contribution in [0.2, 0.25) is 0 Å². The van der Waals surface area contributed by atoms with Gasteiger partial charge < -0.3 is 15.4 Å². The van der Waals surface area contributed by atoms with Crippen molar-refractivity contribution >= 4 is 5.91 Å². The molecular weight excluding hydrogens is 276 g/mol. The van der Waals surface area contributed by atoms with Gasteiger partial charge in [0.1, 0.15) is 6.10 Å². The molecule has 1 heterocycles. The van der Waals surface area contributed by atoms with Gasteiger partial charge in [0, 0.05) is 19.1 Å². The molecule has 1 saturated heterocycles. The first-order valence-electron chi connectivity index (χ1n) is 9.40. The predicted octanol–water partition coefficient (Wildman–Crippen LogP) is 3.40. The van der Waals surface area contributed by atoms with Crippen LogP contribution in [0.5, 0.6) is 0 Å². The second-order valence-corrected chi connectivity index (χ2v) is 6.47. The van der Waals surface area contributed by atoms with Crippen molar-refractivity contribution in [2.45, 2.75) is 90.2 Å². The Morgan fingerprint density at radius 2 is 1.73 bits per heavy atom. The number of carbonyl (C=O) groups is 1. The number of morpholine rings is 1. The van der Waals surface area contributed by atoms with Crippen LogP contribution >= 0.6 is 0 Å². The van der Waals surface area contributed by atoms with Crippen molar-refractivity contribution in [2.24, 2.45) is 0 Å². The summed E-state index contributed by atoms with van der Waals surface area (Å²) in [5, 5.41) is 6.46. The fraction of sp³-hybridized carbons (Fsp3) is 0.944. The molecule has 0 unspecified atom stereocenters. The third-order valence-corrected chi connectivity index (χ3v) is 4.38. The van der Waals surface area contributed by atoms with Gasteiger partial charge in [0.2, 0.25) is 0 Å². The molecule has 4 nitrogen and oxygen atoms in total. The van der Waals surface area contributed by atoms with E-state index in [2.05, 4.69) is 24.5 Å². The fourth-order valence-corrected chi connectivity index (χ4v) is 2.95. The van der Waals surface area contributed by atoms with Gasteiger partial charge in [-0.2, -0.15) is 0 Å². The van der Waals surface area contributed by atoms with Crippen molar-refractivity contribution in [2.75, 3.05) is 19.7 Å². The largest absolute Gasteiger partial charge is 0.366 e. The summed E-state index contributed by atoms with van der Waals surface area (Å²) in [5.41, 5.74) is 0. The van der Waals surface area contributed by atoms with Crippen LogP contribution in [-0.2, 0) is 9.53 Å². The standard InChI is InChI=1S/C18H36N2O2/c1-3-5-7-9-11-16(12-10-8-6-4-2)20-18(21)17-15-19-13-14-22-17/h16-17,19H,3-15H2,1-2H3,(H,20,21)/t17-/m1/s1. The van der Waals surface area contributed by atoms with Crippen LogP contribution < -0.4 is 10.6 Å². The van der Waals surface area contributed by atoms with Crippen molar-refractivity contribution in [3.63, 3.8) is 0 Å². The van der Waals surface area contributed by atoms with Gasteiger partial charge in [-0.25, -0.2) is 0 Å². The average Bonchev–Trinajstić information content (AvgIpc) is 2.56. The zero-order valence-electron chi connectivity index (χ0n) is 14.7. The molecule has 0 aromatic rings. The molecule has 0 aromatic heterocycles. The quantitative estimate of drug-likeness (QED) is 0.543. The molecule has 0 radical (unpaired) electrons. The van der Waals surface area contributed by atoms with E-state index in [9.17, 15) is 4.79 Å². The summed E-state index contributed by atoms with van der Waals surface area (Å²) < 4.78 is 5.55. The lowest BCUT2D eigenvalue weighted by molar-refractivity contribution is -0.135. The summed E-state index contributed by atoms with van der Waals surface area (Å²) >= 11 is 0. The lowest BCUT2D eigenvalue weighted by Crippen LogP contribution is -2.50. The molecule has 1 atom stereocenters. The number of nitrogens with one attached hydrogen (secondary N) is 2. The first-order chi connectivity index (χ1) is 10.8. The molecule has 1 aliphatic rings. The third-order valence-electron chi connectivity index (χ3n) is 4.38. The van der Waals surface area contributed by atoms with Crippen LogP contribution in [0.1, 0.15) is 78.1 Å². The number of carbonyl (C=O) groups excluding carboxylic acids is 1. The first-order valence-corrected chi connectivity index (χ1v) is 9.40. The number of rotatable bonds is 12. The highest BCUT2D eigenvalue weighted by Crippen LogP contribution is 2.13. The minimum absolute atomic E-state index is 0.0724. The molecule has 2 N–H and O–H groups in total. The monoisotopic (exact) mass is 312 g/mol. The molecule has 0 aromatic carbocycles. The number of unbranched alkanes of at least 4 members (excludes halogenated alkanes) is 6. The lowest BCUT2D eigenvalue weighted by atomic mass is 10.0. The van der Waals surface area contributed by atoms with Gasteiger partial charge in [0.25, 0.3) is 5.91 Å². The highest BCUT2D eigenvalue weighted by atomic mass is 16.5. The average molecular weight is 312 g/mol. The summed E-state index contributed by atoms with van der Waals surface area (Å²) in [6.07, 6.45) is 12.0. The molecule has 130 valence electrons. The van der Waals surface area contributed by atoms with E-state index in [1.54, 1.807) is 0 Å². The van der Waals surface area contributed by atoms with Crippen molar-refractivity contribution in [3.05, 3.63) is 0 Å². The first kappa shape index (κ1) is 19.4. The molecule has 0 aliphatic carbocycles. The van der Waals surface area contributed by atoms with Crippen LogP contribution in [0.25, 0.3) is 0 Å². The van der Waals surface area contributed by atoms with E-state index < -0.39 is 0 Å². The fourth-order valence-electron chi connectivity index (χ4n) is 2.95. The summed E-state index contributed by atoms with van der Waals surface area (Å²) in [6.45, 7) is 6.59. The topological polar surface area (TPSA) is 50.4 Å². The van der Waals surface area contributed by atoms with E-state index >= 15 is 0 Å². The van der Waals surface area contributed by atoms with E-state index in [4.69, 9.17) is 4.74 Å². The highest BCUT2D eigenvalue weighted by molar-refractivity contribution is 5.81. The Hall–Kier alpha value is -0.610. The predicted molar refractivity (Wildman–Crippen MR) is 92.1 cm³/mol. The molecule has 0 saturated carbocycles. The maximum Gasteiger partial charge on any atom is 0.250 e. The minimum Gasteiger partial charge on any atom is -0.366 e. The number of hydrogen-bond donors (Lipinski definition) is 2. The van der Waals surface area contributed by atoms with E-state index in [0.29, 0.717) is 19.2 Å². The third kappa shape index (κ3) is 8.74. The Labute approximate surface area is 136 Å². The van der Waals surface area contributed by atoms with Crippen LogP contribution in [-0.4, -0.2) is 37.7 Å². The second-order valence-electron chi connectivity index (χ2n) is 6.47. The van der Waals surface area contributed by atoms with Gasteiger partial charge in [-0.05, 0) is 12.8 Å². The van der Waals surface area contributed by atoms with Crippen molar-refractivity contribution in [3.8, 4) is 0 Å². The number of amides is 1. The Morgan fingerprint density at radius 3 is 2.23 bits per heavy atom. The normalized spacial score (nSPS) is 18.6. The summed E-state index contributed by atoms with van der Waals surface area (Å²) in [7, 11) is 0. The van der Waals surface area contributed by atoms with Gasteiger partial charge in [0.05, 0.1) is 6.61 Å². The highest BCUT2D eigenvalue weighted by Gasteiger charge is 2.23. The molecule has 1 amide bonds. The smallest absolute Gasteiger partial charge is 0.250 e. The van der Waals surface area contributed by atoms with Crippen molar-refractivity contribution in [1.29, 1.82) is 0 Å². The van der Waals surface area contributed by atoms with Crippen LogP contribution in [0.4, 0.5) is 0 Å². The molecule has 1 rings (SSSR count). The van der Waals surface area contributed by atoms with E-state index in [0.717, 1.165) is 19.4 Å². The van der Waals surface area contributed by atoms with Gasteiger partial charge in [-0.15, -0.1) is 0 Å². The SMILES string of the molecule is CCCCCCC(CCCCCC)NC(=O)[C@H]1CNCCO1. The van der Waals surface area contributed by atoms with E-state index in [1.807, 2.05) is 0 Å². The van der Waals surface area contributed by atoms with Gasteiger partial charge in [-0.3, -0.25) is 4.79 Å². The maximum atomic E-state index is 12.3. The maximum absolute atomic E-state index is 12.3. The Kier molecular flexibility index (Phi) is 11.4. The molecule has 1 aliphatic heterocycles. The van der Waals surface area contributed by atoms with Crippen molar-refractivity contribution < 1.29 is 9.53 Å². The molecule has 22 heavy (non-hydrogen) atoms. The second kappa shape index (κ2) is 12.9. The van der Waals surface area contributed by atoms with Crippen LogP contribution in [0.3, 0.4) is 0 Å². The van der Waals surface area contributed by atoms with Crippen LogP contribution in [0, 0.1) is 0 Å². The number of ether oxygens (including phenoxy) is 1. The molecule has 4 heteroatoms. The van der Waals surface area contributed by atoms with Gasteiger partial charge in [-0.1, -0.05) is 65.2 Å². The molecule has 0 bridgehead atoms. The minimum atomic E-state index is -0.303. The summed E-state index contributed by atoms with van der Waals surface area (Å²) in [5.74, 6) is 0.0724. The molecular formula is C18H36N2O2. The lowest BCUT2D eigenvalue weighted by Gasteiger charge is -2.26. The van der Waals surface area contributed by atoms with Crippen LogP contribution in [0.15, 0.2) is 0 Å². The Balaban J connectivity index is 2.32. The van der Waals surface area contributed by atoms with Gasteiger partial charge in [0.15, 0.2) is 0 Å². The van der Waals surface area contributed by atoms with Crippen molar-refractivity contribution in [1.82, 2.24) is 10.6 Å². The van der Waals surface area contributed by atoms with Gasteiger partial charge >= 0.3 is 0 Å². The summed E-state index contributed by atoms with van der Waals surface area (Å²) in [6, 6.07) is 0.326. The Bertz CT molecular complexity index is 266. The summed E-state index contributed by atoms with van der Waals surface area (Å²) in [4.78, 5) is 12.3. The number of hydrogen-bond acceptors (Lipinski definition) is 3.